The standard InChI is InChI=1S/C13H12Cl2N2O3/c1-3-5-17(4-2)13(20)16-11-9(14)6-8(12(18)19)7-10(11)15/h1,6-7H,4-5H2,2H3,(H,16,20)(H,18,19). The van der Waals surface area contributed by atoms with Crippen LogP contribution < -0.4 is 5.32 Å². The first-order chi connectivity index (χ1) is 9.40. The summed E-state index contributed by atoms with van der Waals surface area (Å²) >= 11 is 11.9. The quantitative estimate of drug-likeness (QED) is 0.839. The Morgan fingerprint density at radius 2 is 1.95 bits per heavy atom. The van der Waals surface area contributed by atoms with Gasteiger partial charge in [-0.25, -0.2) is 9.59 Å². The van der Waals surface area contributed by atoms with Crippen LogP contribution in [0.1, 0.15) is 17.3 Å². The van der Waals surface area contributed by atoms with Crippen molar-refractivity contribution in [3.63, 3.8) is 0 Å². The minimum Gasteiger partial charge on any atom is -0.478 e. The van der Waals surface area contributed by atoms with Crippen LogP contribution in [-0.2, 0) is 0 Å². The lowest BCUT2D eigenvalue weighted by atomic mass is 10.2. The summed E-state index contributed by atoms with van der Waals surface area (Å²) in [5.41, 5.74) is 0.0905. The summed E-state index contributed by atoms with van der Waals surface area (Å²) in [6.07, 6.45) is 5.16. The van der Waals surface area contributed by atoms with Gasteiger partial charge in [-0.2, -0.15) is 0 Å². The van der Waals surface area contributed by atoms with Gasteiger partial charge in [-0.15, -0.1) is 6.42 Å². The molecule has 0 unspecified atom stereocenters. The maximum Gasteiger partial charge on any atom is 0.335 e. The molecule has 1 aromatic rings. The van der Waals surface area contributed by atoms with Gasteiger partial charge < -0.3 is 15.3 Å². The molecule has 0 radical (unpaired) electrons. The highest BCUT2D eigenvalue weighted by Gasteiger charge is 2.17. The zero-order valence-electron chi connectivity index (χ0n) is 10.6. The van der Waals surface area contributed by atoms with Crippen molar-refractivity contribution < 1.29 is 14.7 Å². The average molecular weight is 315 g/mol. The molecule has 0 spiro atoms. The molecule has 0 aliphatic carbocycles. The Labute approximate surface area is 126 Å². The lowest BCUT2D eigenvalue weighted by Gasteiger charge is -2.19. The van der Waals surface area contributed by atoms with Crippen molar-refractivity contribution in [1.82, 2.24) is 4.90 Å². The van der Waals surface area contributed by atoms with Gasteiger partial charge in [0.1, 0.15) is 0 Å². The van der Waals surface area contributed by atoms with Crippen molar-refractivity contribution in [3.05, 3.63) is 27.7 Å². The summed E-state index contributed by atoms with van der Waals surface area (Å²) in [5, 5.41) is 11.5. The van der Waals surface area contributed by atoms with Gasteiger partial charge in [0, 0.05) is 6.54 Å². The van der Waals surface area contributed by atoms with Gasteiger partial charge in [0.25, 0.3) is 0 Å². The fourth-order valence-electron chi connectivity index (χ4n) is 1.44. The molecule has 0 aliphatic heterocycles. The SMILES string of the molecule is C#CCN(CC)C(=O)Nc1c(Cl)cc(C(=O)O)cc1Cl. The fraction of sp³-hybridized carbons (Fsp3) is 0.231. The molecule has 2 amide bonds. The molecule has 0 heterocycles. The Balaban J connectivity index is 3.01. The van der Waals surface area contributed by atoms with Crippen LogP contribution in [0.15, 0.2) is 12.1 Å². The Morgan fingerprint density at radius 1 is 1.40 bits per heavy atom. The lowest BCUT2D eigenvalue weighted by molar-refractivity contribution is 0.0697. The van der Waals surface area contributed by atoms with Gasteiger partial charge in [-0.1, -0.05) is 29.1 Å². The van der Waals surface area contributed by atoms with Gasteiger partial charge in [0.2, 0.25) is 0 Å². The Hall–Kier alpha value is -1.90. The number of terminal acetylenes is 1. The fourth-order valence-corrected chi connectivity index (χ4v) is 2.02. The van der Waals surface area contributed by atoms with Crippen molar-refractivity contribution >= 4 is 40.9 Å². The molecule has 0 saturated heterocycles. The van der Waals surface area contributed by atoms with E-state index in [1.54, 1.807) is 6.92 Å². The molecule has 106 valence electrons. The number of amides is 2. The molecule has 0 bridgehead atoms. The molecule has 0 saturated carbocycles. The monoisotopic (exact) mass is 314 g/mol. The van der Waals surface area contributed by atoms with E-state index in [1.165, 1.54) is 17.0 Å². The number of hydrogen-bond donors (Lipinski definition) is 2. The number of carbonyl (C=O) groups excluding carboxylic acids is 1. The molecule has 0 aromatic heterocycles. The first-order valence-electron chi connectivity index (χ1n) is 5.62. The van der Waals surface area contributed by atoms with Crippen LogP contribution in [0.3, 0.4) is 0 Å². The predicted octanol–water partition coefficient (Wildman–Crippen LogP) is 3.18. The summed E-state index contributed by atoms with van der Waals surface area (Å²) in [6.45, 7) is 2.33. The molecule has 20 heavy (non-hydrogen) atoms. The predicted molar refractivity (Wildman–Crippen MR) is 78.5 cm³/mol. The second kappa shape index (κ2) is 7.04. The van der Waals surface area contributed by atoms with Gasteiger partial charge in [0.15, 0.2) is 0 Å². The van der Waals surface area contributed by atoms with Gasteiger partial charge >= 0.3 is 12.0 Å². The highest BCUT2D eigenvalue weighted by molar-refractivity contribution is 6.40. The second-order valence-electron chi connectivity index (χ2n) is 3.77. The highest BCUT2D eigenvalue weighted by Crippen LogP contribution is 2.32. The normalized spacial score (nSPS) is 9.70. The molecule has 1 aromatic carbocycles. The number of carboxylic acid groups (broad SMARTS) is 1. The number of nitrogens with zero attached hydrogens (tertiary/aromatic N) is 1. The number of benzene rings is 1. The first kappa shape index (κ1) is 16.2. The van der Waals surface area contributed by atoms with Crippen molar-refractivity contribution in [3.8, 4) is 12.3 Å². The molecule has 0 fully saturated rings. The van der Waals surface area contributed by atoms with Gasteiger partial charge in [0.05, 0.1) is 27.8 Å². The van der Waals surface area contributed by atoms with E-state index in [-0.39, 0.29) is 27.8 Å². The molecule has 5 nitrogen and oxygen atoms in total. The molecule has 2 N–H and O–H groups in total. The number of urea groups is 1. The number of halogens is 2. The van der Waals surface area contributed by atoms with Crippen LogP contribution in [0.4, 0.5) is 10.5 Å². The van der Waals surface area contributed by atoms with Crippen LogP contribution in [0.2, 0.25) is 10.0 Å². The van der Waals surface area contributed by atoms with Gasteiger partial charge in [-0.3, -0.25) is 0 Å². The van der Waals surface area contributed by atoms with Crippen LogP contribution >= 0.6 is 23.2 Å². The lowest BCUT2D eigenvalue weighted by Crippen LogP contribution is -2.35. The summed E-state index contributed by atoms with van der Waals surface area (Å²) in [5.74, 6) is 1.20. The second-order valence-corrected chi connectivity index (χ2v) is 4.58. The maximum atomic E-state index is 11.9. The summed E-state index contributed by atoms with van der Waals surface area (Å²) in [4.78, 5) is 24.2. The Bertz CT molecular complexity index is 558. The van der Waals surface area contributed by atoms with E-state index in [0.29, 0.717) is 6.54 Å². The number of rotatable bonds is 4. The Kier molecular flexibility index (Phi) is 5.68. The van der Waals surface area contributed by atoms with Gasteiger partial charge in [-0.05, 0) is 19.1 Å². The number of nitrogens with one attached hydrogen (secondary N) is 1. The zero-order chi connectivity index (χ0) is 15.3. The minimum atomic E-state index is -1.16. The van der Waals surface area contributed by atoms with Crippen molar-refractivity contribution in [2.24, 2.45) is 0 Å². The molecule has 1 rings (SSSR count). The van der Waals surface area contributed by atoms with Crippen LogP contribution in [0.5, 0.6) is 0 Å². The van der Waals surface area contributed by atoms with E-state index in [1.807, 2.05) is 0 Å². The van der Waals surface area contributed by atoms with Crippen molar-refractivity contribution in [2.75, 3.05) is 18.4 Å². The largest absolute Gasteiger partial charge is 0.478 e. The van der Waals surface area contributed by atoms with Crippen molar-refractivity contribution in [1.29, 1.82) is 0 Å². The topological polar surface area (TPSA) is 69.6 Å². The third-order valence-corrected chi connectivity index (χ3v) is 3.07. The van der Waals surface area contributed by atoms with Crippen molar-refractivity contribution in [2.45, 2.75) is 6.92 Å². The van der Waals surface area contributed by atoms with E-state index < -0.39 is 12.0 Å². The number of anilines is 1. The molecule has 0 aliphatic rings. The third kappa shape index (κ3) is 3.80. The van der Waals surface area contributed by atoms with E-state index in [9.17, 15) is 9.59 Å². The Morgan fingerprint density at radius 3 is 2.35 bits per heavy atom. The smallest absolute Gasteiger partial charge is 0.335 e. The minimum absolute atomic E-state index is 0.0417. The maximum absolute atomic E-state index is 11.9. The average Bonchev–Trinajstić information content (AvgIpc) is 2.39. The number of carbonyl (C=O) groups is 2. The molecule has 7 heteroatoms. The molecule has 0 atom stereocenters. The number of hydrogen-bond acceptors (Lipinski definition) is 2. The molecular weight excluding hydrogens is 303 g/mol. The van der Waals surface area contributed by atoms with E-state index >= 15 is 0 Å². The van der Waals surface area contributed by atoms with E-state index in [4.69, 9.17) is 34.7 Å². The highest BCUT2D eigenvalue weighted by atomic mass is 35.5. The summed E-state index contributed by atoms with van der Waals surface area (Å²) in [6, 6.07) is 1.96. The molecular formula is C13H12Cl2N2O3. The first-order valence-corrected chi connectivity index (χ1v) is 6.38. The van der Waals surface area contributed by atoms with E-state index in [2.05, 4.69) is 11.2 Å². The number of carboxylic acids is 1. The zero-order valence-corrected chi connectivity index (χ0v) is 12.1. The van der Waals surface area contributed by atoms with Crippen LogP contribution in [-0.4, -0.2) is 35.1 Å². The summed E-state index contributed by atoms with van der Waals surface area (Å²) < 4.78 is 0. The summed E-state index contributed by atoms with van der Waals surface area (Å²) in [7, 11) is 0. The van der Waals surface area contributed by atoms with Crippen LogP contribution in [0.25, 0.3) is 0 Å². The number of aromatic carboxylic acids is 1. The van der Waals surface area contributed by atoms with Crippen LogP contribution in [0, 0.1) is 12.3 Å². The van der Waals surface area contributed by atoms with E-state index in [0.717, 1.165) is 0 Å². The third-order valence-electron chi connectivity index (χ3n) is 2.47.